The Morgan fingerprint density at radius 1 is 1.44 bits per heavy atom. The molecular formula is C12H23IN4S. The second-order valence-corrected chi connectivity index (χ2v) is 4.99. The molecule has 1 rings (SSSR count). The summed E-state index contributed by atoms with van der Waals surface area (Å²) in [5, 5.41) is 3.14. The van der Waals surface area contributed by atoms with E-state index in [1.54, 1.807) is 11.3 Å². The van der Waals surface area contributed by atoms with E-state index < -0.39 is 0 Å². The summed E-state index contributed by atoms with van der Waals surface area (Å²) in [5.41, 5.74) is 8.67. The number of halogens is 1. The number of hydrogen-bond acceptors (Lipinski definition) is 3. The summed E-state index contributed by atoms with van der Waals surface area (Å²) in [6, 6.07) is 0. The molecule has 1 aromatic heterocycles. The van der Waals surface area contributed by atoms with Gasteiger partial charge in [-0.05, 0) is 13.3 Å². The SMILES string of the molecule is CCCCCCNC(N)=NCc1scnc1C.I. The van der Waals surface area contributed by atoms with Crippen molar-refractivity contribution in [3.63, 3.8) is 0 Å². The Labute approximate surface area is 131 Å². The topological polar surface area (TPSA) is 63.3 Å². The minimum atomic E-state index is 0. The number of unbranched alkanes of at least 4 members (excludes halogenated alkanes) is 3. The molecule has 0 unspecified atom stereocenters. The summed E-state index contributed by atoms with van der Waals surface area (Å²) in [4.78, 5) is 9.66. The highest BCUT2D eigenvalue weighted by molar-refractivity contribution is 14.0. The highest BCUT2D eigenvalue weighted by Crippen LogP contribution is 2.12. The predicted octanol–water partition coefficient (Wildman–Crippen LogP) is 3.05. The van der Waals surface area contributed by atoms with Crippen molar-refractivity contribution in [2.45, 2.75) is 46.1 Å². The molecule has 0 aliphatic rings. The zero-order valence-electron chi connectivity index (χ0n) is 11.1. The highest BCUT2D eigenvalue weighted by Gasteiger charge is 1.99. The molecule has 0 aromatic carbocycles. The lowest BCUT2D eigenvalue weighted by Crippen LogP contribution is -2.32. The van der Waals surface area contributed by atoms with Crippen LogP contribution < -0.4 is 11.1 Å². The van der Waals surface area contributed by atoms with Gasteiger partial charge in [-0.2, -0.15) is 0 Å². The standard InChI is InChI=1S/C12H22N4S.HI/c1-3-4-5-6-7-14-12(13)15-8-11-10(2)16-9-17-11;/h9H,3-8H2,1-2H3,(H3,13,14,15);1H. The van der Waals surface area contributed by atoms with Gasteiger partial charge < -0.3 is 11.1 Å². The number of guanidine groups is 1. The molecule has 0 atom stereocenters. The molecule has 0 bridgehead atoms. The van der Waals surface area contributed by atoms with Crippen LogP contribution in [0.15, 0.2) is 10.5 Å². The molecule has 4 nitrogen and oxygen atoms in total. The van der Waals surface area contributed by atoms with Gasteiger partial charge in [-0.1, -0.05) is 26.2 Å². The number of nitrogens with zero attached hydrogens (tertiary/aromatic N) is 2. The van der Waals surface area contributed by atoms with Gasteiger partial charge in [-0.25, -0.2) is 9.98 Å². The van der Waals surface area contributed by atoms with Crippen molar-refractivity contribution in [2.24, 2.45) is 10.7 Å². The fraction of sp³-hybridized carbons (Fsp3) is 0.667. The summed E-state index contributed by atoms with van der Waals surface area (Å²) in [6.45, 7) is 5.75. The Kier molecular flexibility index (Phi) is 10.3. The third kappa shape index (κ3) is 7.15. The molecule has 104 valence electrons. The Balaban J connectivity index is 0.00000289. The zero-order chi connectivity index (χ0) is 12.5. The lowest BCUT2D eigenvalue weighted by atomic mass is 10.2. The molecule has 0 fully saturated rings. The van der Waals surface area contributed by atoms with Crippen molar-refractivity contribution >= 4 is 41.3 Å². The van der Waals surface area contributed by atoms with Crippen LogP contribution in [0.2, 0.25) is 0 Å². The quantitative estimate of drug-likeness (QED) is 0.330. The van der Waals surface area contributed by atoms with Gasteiger partial charge in [0.2, 0.25) is 0 Å². The van der Waals surface area contributed by atoms with Gasteiger partial charge in [0.25, 0.3) is 0 Å². The molecule has 3 N–H and O–H groups in total. The van der Waals surface area contributed by atoms with Gasteiger partial charge in [0.1, 0.15) is 0 Å². The molecule has 0 amide bonds. The van der Waals surface area contributed by atoms with Crippen molar-refractivity contribution in [1.82, 2.24) is 10.3 Å². The number of nitrogens with one attached hydrogen (secondary N) is 1. The number of thiazole rings is 1. The molecule has 18 heavy (non-hydrogen) atoms. The molecule has 0 radical (unpaired) electrons. The van der Waals surface area contributed by atoms with Crippen LogP contribution in [0.4, 0.5) is 0 Å². The van der Waals surface area contributed by atoms with Gasteiger partial charge in [-0.3, -0.25) is 0 Å². The fourth-order valence-electron chi connectivity index (χ4n) is 1.46. The van der Waals surface area contributed by atoms with Crippen LogP contribution in [0.1, 0.15) is 43.2 Å². The maximum Gasteiger partial charge on any atom is 0.188 e. The molecular weight excluding hydrogens is 359 g/mol. The van der Waals surface area contributed by atoms with Crippen LogP contribution in [0.3, 0.4) is 0 Å². The zero-order valence-corrected chi connectivity index (χ0v) is 14.3. The molecule has 6 heteroatoms. The van der Waals surface area contributed by atoms with Crippen molar-refractivity contribution in [3.8, 4) is 0 Å². The number of hydrogen-bond donors (Lipinski definition) is 2. The van der Waals surface area contributed by atoms with Gasteiger partial charge in [0.05, 0.1) is 17.7 Å². The van der Waals surface area contributed by atoms with Crippen molar-refractivity contribution in [1.29, 1.82) is 0 Å². The molecule has 1 heterocycles. The summed E-state index contributed by atoms with van der Waals surface area (Å²) < 4.78 is 0. The molecule has 0 aliphatic carbocycles. The average molecular weight is 382 g/mol. The molecule has 0 aliphatic heterocycles. The molecule has 0 saturated carbocycles. The normalized spacial score (nSPS) is 11.1. The fourth-order valence-corrected chi connectivity index (χ4v) is 2.16. The Hall–Kier alpha value is -0.370. The summed E-state index contributed by atoms with van der Waals surface area (Å²) in [7, 11) is 0. The third-order valence-corrected chi connectivity index (χ3v) is 3.49. The van der Waals surface area contributed by atoms with Gasteiger partial charge in [0, 0.05) is 11.4 Å². The Morgan fingerprint density at radius 2 is 2.22 bits per heavy atom. The van der Waals surface area contributed by atoms with E-state index in [0.717, 1.165) is 18.7 Å². The van der Waals surface area contributed by atoms with Crippen LogP contribution in [0.5, 0.6) is 0 Å². The second kappa shape index (κ2) is 10.5. The van der Waals surface area contributed by atoms with E-state index in [9.17, 15) is 0 Å². The van der Waals surface area contributed by atoms with Crippen molar-refractivity contribution < 1.29 is 0 Å². The van der Waals surface area contributed by atoms with Crippen LogP contribution in [-0.2, 0) is 6.54 Å². The first-order valence-corrected chi connectivity index (χ1v) is 7.04. The van der Waals surface area contributed by atoms with Gasteiger partial charge in [-0.15, -0.1) is 35.3 Å². The third-order valence-electron chi connectivity index (χ3n) is 2.57. The largest absolute Gasteiger partial charge is 0.370 e. The van der Waals surface area contributed by atoms with E-state index >= 15 is 0 Å². The Bertz CT molecular complexity index is 352. The van der Waals surface area contributed by atoms with Gasteiger partial charge >= 0.3 is 0 Å². The lowest BCUT2D eigenvalue weighted by molar-refractivity contribution is 0.652. The maximum absolute atomic E-state index is 5.78. The number of nitrogens with two attached hydrogens (primary N) is 1. The van der Waals surface area contributed by atoms with Crippen molar-refractivity contribution in [2.75, 3.05) is 6.54 Å². The number of aryl methyl sites for hydroxylation is 1. The first-order valence-electron chi connectivity index (χ1n) is 6.16. The van der Waals surface area contributed by atoms with Crippen LogP contribution in [0.25, 0.3) is 0 Å². The van der Waals surface area contributed by atoms with E-state index in [1.165, 1.54) is 24.1 Å². The minimum Gasteiger partial charge on any atom is -0.370 e. The first kappa shape index (κ1) is 17.6. The highest BCUT2D eigenvalue weighted by atomic mass is 127. The summed E-state index contributed by atoms with van der Waals surface area (Å²) >= 11 is 1.62. The van der Waals surface area contributed by atoms with Crippen LogP contribution in [-0.4, -0.2) is 17.5 Å². The monoisotopic (exact) mass is 382 g/mol. The molecule has 1 aromatic rings. The number of aromatic nitrogens is 1. The van der Waals surface area contributed by atoms with E-state index in [0.29, 0.717) is 12.5 Å². The van der Waals surface area contributed by atoms with E-state index in [-0.39, 0.29) is 24.0 Å². The summed E-state index contributed by atoms with van der Waals surface area (Å²) in [5.74, 6) is 0.536. The first-order chi connectivity index (χ1) is 8.24. The van der Waals surface area contributed by atoms with Crippen molar-refractivity contribution in [3.05, 3.63) is 16.1 Å². The smallest absolute Gasteiger partial charge is 0.188 e. The predicted molar refractivity (Wildman–Crippen MR) is 89.7 cm³/mol. The Morgan fingerprint density at radius 3 is 2.83 bits per heavy atom. The van der Waals surface area contributed by atoms with Crippen LogP contribution >= 0.6 is 35.3 Å². The van der Waals surface area contributed by atoms with E-state index in [1.807, 2.05) is 12.4 Å². The number of aliphatic imine (C=N–C) groups is 1. The summed E-state index contributed by atoms with van der Waals surface area (Å²) in [6.07, 6.45) is 4.96. The van der Waals surface area contributed by atoms with E-state index in [2.05, 4.69) is 22.2 Å². The minimum absolute atomic E-state index is 0. The maximum atomic E-state index is 5.78. The lowest BCUT2D eigenvalue weighted by Gasteiger charge is -2.04. The number of rotatable bonds is 7. The van der Waals surface area contributed by atoms with E-state index in [4.69, 9.17) is 5.73 Å². The molecule has 0 spiro atoms. The second-order valence-electron chi connectivity index (χ2n) is 4.05. The molecule has 0 saturated heterocycles. The van der Waals surface area contributed by atoms with Gasteiger partial charge in [0.15, 0.2) is 5.96 Å². The average Bonchev–Trinajstić information content (AvgIpc) is 2.72. The van der Waals surface area contributed by atoms with Crippen LogP contribution in [0, 0.1) is 6.92 Å².